The third kappa shape index (κ3) is 6.57. The molecule has 1 aliphatic heterocycles. The van der Waals surface area contributed by atoms with Gasteiger partial charge in [0.2, 0.25) is 5.91 Å². The Morgan fingerprint density at radius 2 is 1.64 bits per heavy atom. The van der Waals surface area contributed by atoms with E-state index in [1.54, 1.807) is 0 Å². The van der Waals surface area contributed by atoms with E-state index in [9.17, 15) is 22.8 Å². The van der Waals surface area contributed by atoms with Crippen molar-refractivity contribution in [3.05, 3.63) is 59.7 Å². The van der Waals surface area contributed by atoms with E-state index in [1.165, 1.54) is 0 Å². The second kappa shape index (κ2) is 11.2. The van der Waals surface area contributed by atoms with Crippen LogP contribution in [0.5, 0.6) is 0 Å². The fourth-order valence-electron chi connectivity index (χ4n) is 5.91. The number of amides is 2. The fourth-order valence-corrected chi connectivity index (χ4v) is 5.91. The Morgan fingerprint density at radius 3 is 2.21 bits per heavy atom. The SMILES string of the molecule is CC(CCCC1(C(=O)NCC(F)(F)F)c2ccccc2-c2ccccc21)N1CCC(NC(=O)OC(C)(C)C)C1. The molecule has 0 bridgehead atoms. The number of nitrogens with zero attached hydrogens (tertiary/aromatic N) is 1. The molecule has 2 amide bonds. The Balaban J connectivity index is 1.46. The summed E-state index contributed by atoms with van der Waals surface area (Å²) in [5.74, 6) is -0.618. The zero-order chi connectivity index (χ0) is 28.4. The van der Waals surface area contributed by atoms with Crippen molar-refractivity contribution in [1.82, 2.24) is 15.5 Å². The number of alkyl carbamates (subject to hydrolysis) is 1. The quantitative estimate of drug-likeness (QED) is 0.441. The normalized spacial score (nSPS) is 19.2. The molecule has 2 unspecified atom stereocenters. The van der Waals surface area contributed by atoms with Gasteiger partial charge in [-0.1, -0.05) is 55.0 Å². The fraction of sp³-hybridized carbons (Fsp3) is 0.533. The third-order valence-corrected chi connectivity index (χ3v) is 7.64. The summed E-state index contributed by atoms with van der Waals surface area (Å²) < 4.78 is 44.6. The van der Waals surface area contributed by atoms with Crippen LogP contribution in [0.3, 0.4) is 0 Å². The van der Waals surface area contributed by atoms with Crippen LogP contribution < -0.4 is 10.6 Å². The summed E-state index contributed by atoms with van der Waals surface area (Å²) in [6, 6.07) is 15.2. The van der Waals surface area contributed by atoms with Crippen molar-refractivity contribution in [2.45, 2.75) is 82.7 Å². The maximum atomic E-state index is 13.6. The number of halogens is 3. The van der Waals surface area contributed by atoms with E-state index >= 15 is 0 Å². The van der Waals surface area contributed by atoms with Gasteiger partial charge in [0.15, 0.2) is 0 Å². The maximum absolute atomic E-state index is 13.6. The standard InChI is InChI=1S/C30H38F3N3O3/c1-20(36-17-15-21(18-36)35-27(38)39-28(2,3)4)10-9-16-29(26(37)34-19-30(31,32)33)24-13-7-5-11-22(24)23-12-6-8-14-25(23)29/h5-8,11-14,20-21H,9-10,15-19H2,1-4H3,(H,34,37)(H,35,38). The van der Waals surface area contributed by atoms with Gasteiger partial charge in [0.1, 0.15) is 17.6 Å². The Labute approximate surface area is 228 Å². The summed E-state index contributed by atoms with van der Waals surface area (Å²) in [6.45, 7) is 7.75. The summed E-state index contributed by atoms with van der Waals surface area (Å²) in [7, 11) is 0. The van der Waals surface area contributed by atoms with Crippen LogP contribution in [-0.4, -0.2) is 60.4 Å². The van der Waals surface area contributed by atoms with Gasteiger partial charge < -0.3 is 15.4 Å². The Kier molecular flexibility index (Phi) is 8.30. The molecular formula is C30H38F3N3O3. The zero-order valence-electron chi connectivity index (χ0n) is 23.0. The number of hydrogen-bond donors (Lipinski definition) is 2. The number of benzene rings is 2. The van der Waals surface area contributed by atoms with Gasteiger partial charge in [0.25, 0.3) is 0 Å². The summed E-state index contributed by atoms with van der Waals surface area (Å²) >= 11 is 0. The van der Waals surface area contributed by atoms with Gasteiger partial charge in [-0.2, -0.15) is 13.2 Å². The molecule has 1 saturated heterocycles. The molecule has 1 aliphatic carbocycles. The van der Waals surface area contributed by atoms with Crippen LogP contribution in [0.1, 0.15) is 64.5 Å². The highest BCUT2D eigenvalue weighted by Crippen LogP contribution is 2.51. The highest BCUT2D eigenvalue weighted by Gasteiger charge is 2.49. The molecule has 2 aromatic carbocycles. The van der Waals surface area contributed by atoms with Gasteiger partial charge in [-0.05, 0) is 69.2 Å². The van der Waals surface area contributed by atoms with E-state index < -0.39 is 35.7 Å². The van der Waals surface area contributed by atoms with Crippen molar-refractivity contribution in [3.63, 3.8) is 0 Å². The number of likely N-dealkylation sites (tertiary alicyclic amines) is 1. The molecule has 1 fully saturated rings. The average Bonchev–Trinajstić information content (AvgIpc) is 3.43. The molecule has 2 aromatic rings. The highest BCUT2D eigenvalue weighted by molar-refractivity contribution is 6.00. The molecule has 2 N–H and O–H groups in total. The van der Waals surface area contributed by atoms with Gasteiger partial charge in [-0.3, -0.25) is 9.69 Å². The van der Waals surface area contributed by atoms with Gasteiger partial charge in [-0.15, -0.1) is 0 Å². The van der Waals surface area contributed by atoms with Crippen LogP contribution in [0.2, 0.25) is 0 Å². The minimum Gasteiger partial charge on any atom is -0.444 e. The molecule has 0 radical (unpaired) electrons. The largest absolute Gasteiger partial charge is 0.444 e. The first kappa shape index (κ1) is 28.9. The highest BCUT2D eigenvalue weighted by atomic mass is 19.4. The van der Waals surface area contributed by atoms with Crippen LogP contribution in [0.4, 0.5) is 18.0 Å². The van der Waals surface area contributed by atoms with Gasteiger partial charge >= 0.3 is 12.3 Å². The number of hydrogen-bond acceptors (Lipinski definition) is 4. The zero-order valence-corrected chi connectivity index (χ0v) is 23.0. The van der Waals surface area contributed by atoms with E-state index in [2.05, 4.69) is 22.5 Å². The first-order valence-corrected chi connectivity index (χ1v) is 13.6. The van der Waals surface area contributed by atoms with E-state index in [0.29, 0.717) is 19.4 Å². The predicted molar refractivity (Wildman–Crippen MR) is 144 cm³/mol. The minimum absolute atomic E-state index is 0.00428. The number of ether oxygens (including phenoxy) is 1. The number of rotatable bonds is 8. The van der Waals surface area contributed by atoms with Crippen LogP contribution in [0.15, 0.2) is 48.5 Å². The molecule has 2 aliphatic rings. The van der Waals surface area contributed by atoms with Gasteiger partial charge in [0.05, 0.1) is 0 Å². The molecule has 39 heavy (non-hydrogen) atoms. The minimum atomic E-state index is -4.50. The summed E-state index contributed by atoms with van der Waals surface area (Å²) in [5.41, 5.74) is 1.53. The molecule has 6 nitrogen and oxygen atoms in total. The third-order valence-electron chi connectivity index (χ3n) is 7.64. The first-order valence-electron chi connectivity index (χ1n) is 13.6. The Hall–Kier alpha value is -3.07. The lowest BCUT2D eigenvalue weighted by Crippen LogP contribution is -2.47. The van der Waals surface area contributed by atoms with Crippen molar-refractivity contribution < 1.29 is 27.5 Å². The lowest BCUT2D eigenvalue weighted by atomic mass is 9.73. The Morgan fingerprint density at radius 1 is 1.05 bits per heavy atom. The van der Waals surface area contributed by atoms with E-state index in [0.717, 1.165) is 41.6 Å². The summed E-state index contributed by atoms with van der Waals surface area (Å²) in [6.07, 6.45) is -2.31. The second-order valence-corrected chi connectivity index (χ2v) is 11.7. The molecular weight excluding hydrogens is 507 g/mol. The van der Waals surface area contributed by atoms with E-state index in [1.807, 2.05) is 69.3 Å². The smallest absolute Gasteiger partial charge is 0.407 e. The number of nitrogens with one attached hydrogen (secondary N) is 2. The number of carbonyl (C=O) groups excluding carboxylic acids is 2. The van der Waals surface area contributed by atoms with Crippen molar-refractivity contribution in [3.8, 4) is 11.1 Å². The molecule has 0 aromatic heterocycles. The van der Waals surface area contributed by atoms with Gasteiger partial charge in [0, 0.05) is 25.2 Å². The molecule has 0 spiro atoms. The number of fused-ring (bicyclic) bond motifs is 3. The molecule has 2 atom stereocenters. The molecule has 1 heterocycles. The number of carbonyl (C=O) groups is 2. The maximum Gasteiger partial charge on any atom is 0.407 e. The Bertz CT molecular complexity index is 1150. The predicted octanol–water partition coefficient (Wildman–Crippen LogP) is 5.79. The molecule has 212 valence electrons. The van der Waals surface area contributed by atoms with Crippen LogP contribution in [0.25, 0.3) is 11.1 Å². The van der Waals surface area contributed by atoms with Gasteiger partial charge in [-0.25, -0.2) is 4.79 Å². The first-order chi connectivity index (χ1) is 18.3. The molecule has 9 heteroatoms. The van der Waals surface area contributed by atoms with E-state index in [4.69, 9.17) is 4.74 Å². The topological polar surface area (TPSA) is 70.7 Å². The summed E-state index contributed by atoms with van der Waals surface area (Å²) in [4.78, 5) is 28.1. The van der Waals surface area contributed by atoms with Crippen LogP contribution in [0, 0.1) is 0 Å². The lowest BCUT2D eigenvalue weighted by molar-refractivity contribution is -0.141. The second-order valence-electron chi connectivity index (χ2n) is 11.7. The summed E-state index contributed by atoms with van der Waals surface area (Å²) in [5, 5.41) is 5.14. The molecule has 0 saturated carbocycles. The monoisotopic (exact) mass is 545 g/mol. The number of alkyl halides is 3. The van der Waals surface area contributed by atoms with Crippen LogP contribution >= 0.6 is 0 Å². The van der Waals surface area contributed by atoms with Crippen molar-refractivity contribution >= 4 is 12.0 Å². The van der Waals surface area contributed by atoms with E-state index in [-0.39, 0.29) is 12.1 Å². The average molecular weight is 546 g/mol. The van der Waals surface area contributed by atoms with Crippen molar-refractivity contribution in [2.75, 3.05) is 19.6 Å². The van der Waals surface area contributed by atoms with Crippen LogP contribution in [-0.2, 0) is 14.9 Å². The van der Waals surface area contributed by atoms with Crippen molar-refractivity contribution in [2.24, 2.45) is 0 Å². The lowest BCUT2D eigenvalue weighted by Gasteiger charge is -2.32. The molecule has 4 rings (SSSR count). The van der Waals surface area contributed by atoms with Crippen molar-refractivity contribution in [1.29, 1.82) is 0 Å².